The van der Waals surface area contributed by atoms with Gasteiger partial charge in [0.1, 0.15) is 0 Å². The summed E-state index contributed by atoms with van der Waals surface area (Å²) in [5.74, 6) is 1.10. The molecule has 0 aliphatic heterocycles. The molecule has 0 radical (unpaired) electrons. The van der Waals surface area contributed by atoms with E-state index in [9.17, 15) is 9.59 Å². The van der Waals surface area contributed by atoms with Gasteiger partial charge in [0.05, 0.1) is 11.8 Å². The summed E-state index contributed by atoms with van der Waals surface area (Å²) in [5, 5.41) is 13.7. The Bertz CT molecular complexity index is 1320. The van der Waals surface area contributed by atoms with Gasteiger partial charge in [0.15, 0.2) is 16.8 Å². The molecule has 1 aliphatic rings. The highest BCUT2D eigenvalue weighted by molar-refractivity contribution is 7.99. The second kappa shape index (κ2) is 8.86. The topological polar surface area (TPSA) is 92.7 Å². The van der Waals surface area contributed by atoms with Crippen molar-refractivity contribution < 1.29 is 9.59 Å². The summed E-state index contributed by atoms with van der Waals surface area (Å²) in [5.41, 5.74) is 3.72. The lowest BCUT2D eigenvalue weighted by molar-refractivity contribution is -0.119. The Balaban J connectivity index is 1.32. The molecule has 2 aromatic carbocycles. The zero-order valence-electron chi connectivity index (χ0n) is 18.5. The van der Waals surface area contributed by atoms with Crippen LogP contribution in [-0.4, -0.2) is 37.2 Å². The molecule has 0 saturated heterocycles. The second-order valence-corrected chi connectivity index (χ2v) is 9.35. The van der Waals surface area contributed by atoms with E-state index in [1.807, 2.05) is 55.6 Å². The van der Waals surface area contributed by atoms with Crippen molar-refractivity contribution in [2.75, 3.05) is 5.75 Å². The lowest BCUT2D eigenvalue weighted by Gasteiger charge is -2.13. The van der Waals surface area contributed by atoms with Gasteiger partial charge in [-0.05, 0) is 31.4 Å². The molecule has 1 saturated carbocycles. The van der Waals surface area contributed by atoms with Gasteiger partial charge in [-0.2, -0.15) is 0 Å². The minimum atomic E-state index is -0.0962. The van der Waals surface area contributed by atoms with Crippen molar-refractivity contribution in [3.8, 4) is 11.4 Å². The molecule has 168 valence electrons. The maximum absolute atomic E-state index is 12.8. The van der Waals surface area contributed by atoms with Gasteiger partial charge in [0.2, 0.25) is 5.91 Å². The van der Waals surface area contributed by atoms with Crippen molar-refractivity contribution in [3.63, 3.8) is 0 Å². The summed E-state index contributed by atoms with van der Waals surface area (Å²) in [4.78, 5) is 27.4. The van der Waals surface area contributed by atoms with E-state index in [4.69, 9.17) is 0 Å². The number of aromatic nitrogens is 4. The van der Waals surface area contributed by atoms with Gasteiger partial charge >= 0.3 is 0 Å². The van der Waals surface area contributed by atoms with E-state index in [0.717, 1.165) is 45.9 Å². The van der Waals surface area contributed by atoms with E-state index in [-0.39, 0.29) is 17.7 Å². The van der Waals surface area contributed by atoms with E-state index in [0.29, 0.717) is 17.4 Å². The lowest BCUT2D eigenvalue weighted by Crippen LogP contribution is -2.23. The third kappa shape index (κ3) is 4.43. The highest BCUT2D eigenvalue weighted by Gasteiger charge is 2.31. The van der Waals surface area contributed by atoms with Gasteiger partial charge in [0, 0.05) is 41.2 Å². The molecule has 1 aliphatic carbocycles. The standard InChI is InChI=1S/C25H25N5O2S/c1-15(27-16(2)31)17-7-9-18(10-8-17)23(32)14-33-25-29-28-24(30(25)19-11-12-19)21-13-26-22-6-4-3-5-20(21)22/h3-10,13,15,19,26H,11-12,14H2,1-2H3,(H,27,31)/t15-/m0/s1. The molecule has 5 rings (SSSR count). The Morgan fingerprint density at radius 1 is 1.15 bits per heavy atom. The summed E-state index contributed by atoms with van der Waals surface area (Å²) in [6.07, 6.45) is 4.18. The number of nitrogens with one attached hydrogen (secondary N) is 2. The fraction of sp³-hybridized carbons (Fsp3) is 0.280. The molecule has 0 spiro atoms. The number of Topliss-reactive ketones (excluding diaryl/α,β-unsaturated/α-hetero) is 1. The molecule has 1 atom stereocenters. The number of para-hydroxylation sites is 1. The molecule has 2 heterocycles. The van der Waals surface area contributed by atoms with Gasteiger partial charge in [0.25, 0.3) is 0 Å². The zero-order valence-corrected chi connectivity index (χ0v) is 19.4. The summed E-state index contributed by atoms with van der Waals surface area (Å²) in [6.45, 7) is 3.42. The van der Waals surface area contributed by atoms with Crippen LogP contribution in [0.1, 0.15) is 54.7 Å². The van der Waals surface area contributed by atoms with Gasteiger partial charge in [-0.15, -0.1) is 10.2 Å². The predicted octanol–water partition coefficient (Wildman–Crippen LogP) is 4.93. The molecule has 0 bridgehead atoms. The van der Waals surface area contributed by atoms with Gasteiger partial charge in [-0.3, -0.25) is 14.2 Å². The number of hydrogen-bond donors (Lipinski definition) is 2. The van der Waals surface area contributed by atoms with E-state index in [1.165, 1.54) is 18.7 Å². The van der Waals surface area contributed by atoms with E-state index < -0.39 is 0 Å². The number of rotatable bonds is 8. The molecule has 8 heteroatoms. The third-order valence-electron chi connectivity index (χ3n) is 5.89. The van der Waals surface area contributed by atoms with Crippen molar-refractivity contribution in [2.45, 2.75) is 43.9 Å². The van der Waals surface area contributed by atoms with Gasteiger partial charge < -0.3 is 10.3 Å². The van der Waals surface area contributed by atoms with Crippen LogP contribution >= 0.6 is 11.8 Å². The molecule has 0 unspecified atom stereocenters. The summed E-state index contributed by atoms with van der Waals surface area (Å²) >= 11 is 1.43. The van der Waals surface area contributed by atoms with E-state index in [1.54, 1.807) is 0 Å². The second-order valence-electron chi connectivity index (χ2n) is 8.41. The fourth-order valence-corrected chi connectivity index (χ4v) is 4.94. The Kier molecular flexibility index (Phi) is 5.76. The first-order valence-electron chi connectivity index (χ1n) is 11.1. The highest BCUT2D eigenvalue weighted by Crippen LogP contribution is 2.42. The number of benzene rings is 2. The molecule has 2 aromatic heterocycles. The SMILES string of the molecule is CC(=O)N[C@@H](C)c1ccc(C(=O)CSc2nnc(-c3c[nH]c4ccccc34)n2C2CC2)cc1. The maximum Gasteiger partial charge on any atom is 0.217 e. The maximum atomic E-state index is 12.8. The molecule has 4 aromatic rings. The highest BCUT2D eigenvalue weighted by atomic mass is 32.2. The minimum Gasteiger partial charge on any atom is -0.360 e. The number of H-pyrrole nitrogens is 1. The van der Waals surface area contributed by atoms with E-state index >= 15 is 0 Å². The first-order valence-corrected chi connectivity index (χ1v) is 12.0. The number of fused-ring (bicyclic) bond motifs is 1. The smallest absolute Gasteiger partial charge is 0.217 e. The van der Waals surface area contributed by atoms with Crippen molar-refractivity contribution in [1.29, 1.82) is 0 Å². The quantitative estimate of drug-likeness (QED) is 0.288. The molecule has 33 heavy (non-hydrogen) atoms. The number of carbonyl (C=O) groups is 2. The number of thioether (sulfide) groups is 1. The van der Waals surface area contributed by atoms with Gasteiger partial charge in [-0.1, -0.05) is 54.2 Å². The molecular weight excluding hydrogens is 434 g/mol. The molecule has 1 amide bonds. The van der Waals surface area contributed by atoms with Crippen LogP contribution < -0.4 is 5.32 Å². The van der Waals surface area contributed by atoms with Crippen molar-refractivity contribution in [2.24, 2.45) is 0 Å². The van der Waals surface area contributed by atoms with Crippen LogP contribution in [0.4, 0.5) is 0 Å². The van der Waals surface area contributed by atoms with Crippen LogP contribution in [0, 0.1) is 0 Å². The fourth-order valence-electron chi connectivity index (χ4n) is 4.04. The predicted molar refractivity (Wildman–Crippen MR) is 129 cm³/mol. The molecule has 7 nitrogen and oxygen atoms in total. The van der Waals surface area contributed by atoms with Crippen LogP contribution in [0.15, 0.2) is 59.9 Å². The molecule has 2 N–H and O–H groups in total. The molecule has 1 fully saturated rings. The summed E-state index contributed by atoms with van der Waals surface area (Å²) < 4.78 is 2.19. The van der Waals surface area contributed by atoms with E-state index in [2.05, 4.69) is 31.1 Å². The third-order valence-corrected chi connectivity index (χ3v) is 6.83. The number of amides is 1. The molecular formula is C25H25N5O2S. The Labute approximate surface area is 196 Å². The Morgan fingerprint density at radius 3 is 2.64 bits per heavy atom. The minimum absolute atomic E-state index is 0.0396. The van der Waals surface area contributed by atoms with Crippen LogP contribution in [-0.2, 0) is 4.79 Å². The van der Waals surface area contributed by atoms with Crippen molar-refractivity contribution >= 4 is 34.4 Å². The zero-order chi connectivity index (χ0) is 22.9. The number of ketones is 1. The van der Waals surface area contributed by atoms with Gasteiger partial charge in [-0.25, -0.2) is 0 Å². The monoisotopic (exact) mass is 459 g/mol. The summed E-state index contributed by atoms with van der Waals surface area (Å²) in [6, 6.07) is 15.9. The lowest BCUT2D eigenvalue weighted by atomic mass is 10.0. The Hall–Kier alpha value is -3.39. The first-order chi connectivity index (χ1) is 16.0. The largest absolute Gasteiger partial charge is 0.360 e. The number of hydrogen-bond acceptors (Lipinski definition) is 5. The normalized spacial score (nSPS) is 14.4. The van der Waals surface area contributed by atoms with Crippen molar-refractivity contribution in [3.05, 3.63) is 65.9 Å². The summed E-state index contributed by atoms with van der Waals surface area (Å²) in [7, 11) is 0. The van der Waals surface area contributed by atoms with Crippen LogP contribution in [0.25, 0.3) is 22.3 Å². The van der Waals surface area contributed by atoms with Crippen LogP contribution in [0.2, 0.25) is 0 Å². The van der Waals surface area contributed by atoms with Crippen molar-refractivity contribution in [1.82, 2.24) is 25.1 Å². The average Bonchev–Trinajstić information content (AvgIpc) is 3.42. The number of carbonyl (C=O) groups excluding carboxylic acids is 2. The Morgan fingerprint density at radius 2 is 1.91 bits per heavy atom. The number of nitrogens with zero attached hydrogens (tertiary/aromatic N) is 3. The first kappa shape index (κ1) is 21.5. The van der Waals surface area contributed by atoms with Crippen LogP contribution in [0.3, 0.4) is 0 Å². The average molecular weight is 460 g/mol. The van der Waals surface area contributed by atoms with Crippen LogP contribution in [0.5, 0.6) is 0 Å². The number of aromatic amines is 1.